The maximum atomic E-state index is 12.3. The average molecular weight is 405 g/mol. The van der Waals surface area contributed by atoms with Gasteiger partial charge in [-0.15, -0.1) is 10.2 Å². The van der Waals surface area contributed by atoms with E-state index in [0.29, 0.717) is 35.3 Å². The minimum absolute atomic E-state index is 0.0581. The number of rotatable bonds is 8. The number of carbonyl (C=O) groups is 1. The van der Waals surface area contributed by atoms with Gasteiger partial charge in [-0.1, -0.05) is 31.5 Å². The first-order valence-corrected chi connectivity index (χ1v) is 10.6. The molecule has 1 aliphatic carbocycles. The monoisotopic (exact) mass is 404 g/mol. The Hall–Kier alpha value is -2.22. The number of methoxy groups -OCH3 is 1. The van der Waals surface area contributed by atoms with E-state index in [0.717, 1.165) is 17.9 Å². The summed E-state index contributed by atoms with van der Waals surface area (Å²) in [5.41, 5.74) is 0. The molecule has 1 aliphatic rings. The summed E-state index contributed by atoms with van der Waals surface area (Å²) in [4.78, 5) is 12.3. The van der Waals surface area contributed by atoms with Gasteiger partial charge in [0.05, 0.1) is 12.9 Å². The molecule has 3 rings (SSSR count). The lowest BCUT2D eigenvalue weighted by Crippen LogP contribution is -2.41. The highest BCUT2D eigenvalue weighted by Crippen LogP contribution is 2.24. The second-order valence-electron chi connectivity index (χ2n) is 7.15. The fraction of sp³-hybridized carbons (Fsp3) is 0.550. The first-order valence-electron chi connectivity index (χ1n) is 9.64. The molecule has 1 aromatic heterocycles. The Kier molecular flexibility index (Phi) is 7.19. The first kappa shape index (κ1) is 20.5. The highest BCUT2D eigenvalue weighted by atomic mass is 32.2. The molecule has 0 saturated heterocycles. The number of aromatic nitrogens is 3. The summed E-state index contributed by atoms with van der Waals surface area (Å²) in [5.74, 6) is 3.18. The van der Waals surface area contributed by atoms with Crippen molar-refractivity contribution in [3.63, 3.8) is 0 Å². The summed E-state index contributed by atoms with van der Waals surface area (Å²) in [7, 11) is 3.51. The predicted molar refractivity (Wildman–Crippen MR) is 109 cm³/mol. The number of carbonyl (C=O) groups excluding carboxylic acids is 1. The summed E-state index contributed by atoms with van der Waals surface area (Å²) in [6.07, 6.45) is 4.74. The molecule has 1 amide bonds. The fourth-order valence-electron chi connectivity index (χ4n) is 3.33. The molecule has 1 fully saturated rings. The van der Waals surface area contributed by atoms with Crippen molar-refractivity contribution in [1.29, 1.82) is 0 Å². The Bertz CT molecular complexity index is 778. The number of thioether (sulfide) groups is 1. The Labute approximate surface area is 170 Å². The van der Waals surface area contributed by atoms with Crippen LogP contribution in [0.5, 0.6) is 11.5 Å². The van der Waals surface area contributed by atoms with Crippen LogP contribution in [0.25, 0.3) is 0 Å². The zero-order valence-corrected chi connectivity index (χ0v) is 17.5. The maximum absolute atomic E-state index is 12.3. The molecule has 7 nitrogen and oxygen atoms in total. The molecule has 2 atom stereocenters. The highest BCUT2D eigenvalue weighted by Gasteiger charge is 2.23. The second-order valence-corrected chi connectivity index (χ2v) is 8.09. The van der Waals surface area contributed by atoms with E-state index >= 15 is 0 Å². The number of amides is 1. The molecule has 0 spiro atoms. The smallest absolute Gasteiger partial charge is 0.230 e. The van der Waals surface area contributed by atoms with Crippen LogP contribution in [-0.4, -0.2) is 39.6 Å². The average Bonchev–Trinajstić information content (AvgIpc) is 3.06. The summed E-state index contributed by atoms with van der Waals surface area (Å²) in [5, 5.41) is 12.2. The van der Waals surface area contributed by atoms with E-state index in [4.69, 9.17) is 9.47 Å². The topological polar surface area (TPSA) is 78.3 Å². The summed E-state index contributed by atoms with van der Waals surface area (Å²) in [6.45, 7) is 2.52. The van der Waals surface area contributed by atoms with E-state index in [2.05, 4.69) is 22.4 Å². The minimum atomic E-state index is 0.0581. The van der Waals surface area contributed by atoms with Gasteiger partial charge in [0.15, 0.2) is 11.0 Å². The van der Waals surface area contributed by atoms with E-state index in [-0.39, 0.29) is 5.91 Å². The van der Waals surface area contributed by atoms with Crippen molar-refractivity contribution in [2.24, 2.45) is 13.0 Å². The van der Waals surface area contributed by atoms with E-state index in [1.807, 2.05) is 35.9 Å². The van der Waals surface area contributed by atoms with Crippen molar-refractivity contribution >= 4 is 17.7 Å². The van der Waals surface area contributed by atoms with Crippen molar-refractivity contribution in [2.75, 3.05) is 12.9 Å². The number of ether oxygens (including phenoxy) is 2. The van der Waals surface area contributed by atoms with Gasteiger partial charge in [0, 0.05) is 13.1 Å². The van der Waals surface area contributed by atoms with Crippen LogP contribution in [0, 0.1) is 5.92 Å². The molecule has 0 unspecified atom stereocenters. The number of nitrogens with zero attached hydrogens (tertiary/aromatic N) is 3. The Balaban J connectivity index is 1.47. The quantitative estimate of drug-likeness (QED) is 0.681. The van der Waals surface area contributed by atoms with Gasteiger partial charge in [-0.05, 0) is 43.0 Å². The van der Waals surface area contributed by atoms with E-state index in [1.165, 1.54) is 31.0 Å². The Morgan fingerprint density at radius 1 is 1.21 bits per heavy atom. The van der Waals surface area contributed by atoms with Crippen LogP contribution in [0.4, 0.5) is 0 Å². The summed E-state index contributed by atoms with van der Waals surface area (Å²) < 4.78 is 12.8. The first-order chi connectivity index (χ1) is 13.6. The molecule has 1 saturated carbocycles. The van der Waals surface area contributed by atoms with Crippen LogP contribution in [0.15, 0.2) is 29.4 Å². The summed E-state index contributed by atoms with van der Waals surface area (Å²) in [6, 6.07) is 7.69. The maximum Gasteiger partial charge on any atom is 0.230 e. The van der Waals surface area contributed by atoms with Gasteiger partial charge in [-0.3, -0.25) is 4.79 Å². The third kappa shape index (κ3) is 5.41. The van der Waals surface area contributed by atoms with Crippen LogP contribution in [0.3, 0.4) is 0 Å². The molecule has 28 heavy (non-hydrogen) atoms. The largest absolute Gasteiger partial charge is 0.497 e. The van der Waals surface area contributed by atoms with Gasteiger partial charge in [0.1, 0.15) is 18.1 Å². The standard InChI is InChI=1S/C20H28N4O3S/c1-14-6-4-5-7-17(14)21-19(25)13-28-20-23-22-18(24(20)2)12-27-16-10-8-15(26-3)9-11-16/h8-11,14,17H,4-7,12-13H2,1-3H3,(H,21,25)/t14-,17-/m0/s1. The molecular weight excluding hydrogens is 376 g/mol. The lowest BCUT2D eigenvalue weighted by molar-refractivity contribution is -0.119. The zero-order chi connectivity index (χ0) is 19.9. The minimum Gasteiger partial charge on any atom is -0.497 e. The molecule has 8 heteroatoms. The number of hydrogen-bond donors (Lipinski definition) is 1. The molecule has 0 bridgehead atoms. The number of hydrogen-bond acceptors (Lipinski definition) is 6. The molecule has 1 aromatic carbocycles. The molecule has 0 radical (unpaired) electrons. The van der Waals surface area contributed by atoms with Crippen molar-refractivity contribution in [3.8, 4) is 11.5 Å². The lowest BCUT2D eigenvalue weighted by Gasteiger charge is -2.29. The zero-order valence-electron chi connectivity index (χ0n) is 16.7. The molecule has 0 aliphatic heterocycles. The highest BCUT2D eigenvalue weighted by molar-refractivity contribution is 7.99. The third-order valence-corrected chi connectivity index (χ3v) is 6.16. The van der Waals surface area contributed by atoms with E-state index in [1.54, 1.807) is 7.11 Å². The van der Waals surface area contributed by atoms with Crippen LogP contribution < -0.4 is 14.8 Å². The van der Waals surface area contributed by atoms with Gasteiger partial charge in [-0.25, -0.2) is 0 Å². The van der Waals surface area contributed by atoms with Gasteiger partial charge in [0.25, 0.3) is 0 Å². The third-order valence-electron chi connectivity index (χ3n) is 5.14. The Morgan fingerprint density at radius 2 is 1.93 bits per heavy atom. The SMILES string of the molecule is COc1ccc(OCc2nnc(SCC(=O)N[C@H]3CCCC[C@@H]3C)n2C)cc1. The van der Waals surface area contributed by atoms with Gasteiger partial charge >= 0.3 is 0 Å². The van der Waals surface area contributed by atoms with Crippen LogP contribution >= 0.6 is 11.8 Å². The molecule has 152 valence electrons. The van der Waals surface area contributed by atoms with Gasteiger partial charge in [0.2, 0.25) is 5.91 Å². The summed E-state index contributed by atoms with van der Waals surface area (Å²) >= 11 is 1.40. The fourth-order valence-corrected chi connectivity index (χ4v) is 4.07. The van der Waals surface area contributed by atoms with E-state index in [9.17, 15) is 4.79 Å². The van der Waals surface area contributed by atoms with Gasteiger partial charge in [-0.2, -0.15) is 0 Å². The van der Waals surface area contributed by atoms with Crippen molar-refractivity contribution in [3.05, 3.63) is 30.1 Å². The molecule has 1 heterocycles. The van der Waals surface area contributed by atoms with E-state index < -0.39 is 0 Å². The van der Waals surface area contributed by atoms with Crippen LogP contribution in [0.2, 0.25) is 0 Å². The van der Waals surface area contributed by atoms with Crippen molar-refractivity contribution < 1.29 is 14.3 Å². The molecule has 1 N–H and O–H groups in total. The second kappa shape index (κ2) is 9.82. The van der Waals surface area contributed by atoms with Gasteiger partial charge < -0.3 is 19.4 Å². The predicted octanol–water partition coefficient (Wildman–Crippen LogP) is 3.19. The number of benzene rings is 1. The van der Waals surface area contributed by atoms with Crippen LogP contribution in [0.1, 0.15) is 38.4 Å². The van der Waals surface area contributed by atoms with Crippen LogP contribution in [-0.2, 0) is 18.4 Å². The molecule has 2 aromatic rings. The normalized spacial score (nSPS) is 19.2. The Morgan fingerprint density at radius 3 is 2.64 bits per heavy atom. The van der Waals surface area contributed by atoms with Crippen molar-refractivity contribution in [2.45, 2.75) is 50.4 Å². The number of nitrogens with one attached hydrogen (secondary N) is 1. The van der Waals surface area contributed by atoms with Crippen molar-refractivity contribution in [1.82, 2.24) is 20.1 Å². The lowest BCUT2D eigenvalue weighted by atomic mass is 9.86. The molecular formula is C20H28N4O3S.